The Hall–Kier alpha value is -4.34. The quantitative estimate of drug-likeness (QED) is 0.292. The highest BCUT2D eigenvalue weighted by molar-refractivity contribution is 5.86. The van der Waals surface area contributed by atoms with Gasteiger partial charge in [-0.1, -0.05) is 62.6 Å². The van der Waals surface area contributed by atoms with Crippen molar-refractivity contribution in [3.63, 3.8) is 0 Å². The second-order valence-electron chi connectivity index (χ2n) is 8.39. The zero-order valence-corrected chi connectivity index (χ0v) is 19.4. The van der Waals surface area contributed by atoms with Crippen LogP contribution in [0.5, 0.6) is 0 Å². The first-order chi connectivity index (χ1) is 17.2. The maximum absolute atomic E-state index is 11.6. The third-order valence-corrected chi connectivity index (χ3v) is 5.95. The number of hydrogen-bond donors (Lipinski definition) is 2. The summed E-state index contributed by atoms with van der Waals surface area (Å²) < 4.78 is 3.70. The summed E-state index contributed by atoms with van der Waals surface area (Å²) in [5.41, 5.74) is 3.29. The summed E-state index contributed by atoms with van der Waals surface area (Å²) in [5.74, 6) is 1.62. The molecule has 0 fully saturated rings. The third kappa shape index (κ3) is 4.54. The van der Waals surface area contributed by atoms with E-state index in [0.29, 0.717) is 23.9 Å². The molecule has 0 spiro atoms. The van der Waals surface area contributed by atoms with Crippen LogP contribution in [0.3, 0.4) is 0 Å². The largest absolute Gasteiger partial charge is 0.480 e. The van der Waals surface area contributed by atoms with Crippen molar-refractivity contribution in [1.29, 1.82) is 0 Å². The summed E-state index contributed by atoms with van der Waals surface area (Å²) in [6.45, 7) is 2.03. The summed E-state index contributed by atoms with van der Waals surface area (Å²) in [6, 6.07) is 15.6. The number of imidazole rings is 2. The molecule has 0 bridgehead atoms. The molecular formula is C25H26N8O2. The second-order valence-corrected chi connectivity index (χ2v) is 8.39. The average molecular weight is 471 g/mol. The molecule has 0 radical (unpaired) electrons. The van der Waals surface area contributed by atoms with E-state index in [-0.39, 0.29) is 6.54 Å². The maximum atomic E-state index is 11.6. The number of aryl methyl sites for hydroxylation is 1. The Labute approximate surface area is 201 Å². The van der Waals surface area contributed by atoms with Crippen LogP contribution in [0.4, 0.5) is 0 Å². The molecule has 0 atom stereocenters. The van der Waals surface area contributed by atoms with Crippen molar-refractivity contribution in [2.45, 2.75) is 45.6 Å². The number of rotatable bonds is 10. The monoisotopic (exact) mass is 470 g/mol. The highest BCUT2D eigenvalue weighted by Crippen LogP contribution is 2.33. The lowest BCUT2D eigenvalue weighted by Gasteiger charge is -2.09. The summed E-state index contributed by atoms with van der Waals surface area (Å²) in [5, 5.41) is 24.0. The normalized spacial score (nSPS) is 11.3. The molecule has 0 unspecified atom stereocenters. The van der Waals surface area contributed by atoms with Crippen molar-refractivity contribution in [2.75, 3.05) is 0 Å². The molecule has 2 N–H and O–H groups in total. The van der Waals surface area contributed by atoms with Crippen LogP contribution in [0.25, 0.3) is 39.6 Å². The summed E-state index contributed by atoms with van der Waals surface area (Å²) in [6.07, 6.45) is 6.85. The Kier molecular flexibility index (Phi) is 6.34. The van der Waals surface area contributed by atoms with E-state index in [9.17, 15) is 9.90 Å². The van der Waals surface area contributed by atoms with Crippen LogP contribution in [-0.4, -0.2) is 50.8 Å². The molecule has 178 valence electrons. The number of carboxylic acids is 1. The number of aromatic amines is 1. The van der Waals surface area contributed by atoms with Gasteiger partial charge in [0.1, 0.15) is 18.2 Å². The lowest BCUT2D eigenvalue weighted by atomic mass is 10.1. The van der Waals surface area contributed by atoms with E-state index in [4.69, 9.17) is 9.97 Å². The van der Waals surface area contributed by atoms with Gasteiger partial charge in [0.15, 0.2) is 5.82 Å². The molecule has 2 aromatic carbocycles. The third-order valence-electron chi connectivity index (χ3n) is 5.95. The molecule has 3 aromatic heterocycles. The molecule has 3 heterocycles. The first-order valence-electron chi connectivity index (χ1n) is 11.7. The molecule has 0 aliphatic heterocycles. The van der Waals surface area contributed by atoms with Crippen LogP contribution >= 0.6 is 0 Å². The van der Waals surface area contributed by atoms with Crippen molar-refractivity contribution in [3.8, 4) is 28.6 Å². The number of aliphatic carboxylic acids is 1. The van der Waals surface area contributed by atoms with E-state index < -0.39 is 5.97 Å². The number of H-pyrrole nitrogens is 1. The molecule has 0 saturated heterocycles. The van der Waals surface area contributed by atoms with Gasteiger partial charge in [0.25, 0.3) is 0 Å². The summed E-state index contributed by atoms with van der Waals surface area (Å²) >= 11 is 0. The Bertz CT molecular complexity index is 1450. The van der Waals surface area contributed by atoms with E-state index in [0.717, 1.165) is 53.7 Å². The predicted octanol–water partition coefficient (Wildman–Crippen LogP) is 4.28. The molecule has 5 aromatic rings. The van der Waals surface area contributed by atoms with Crippen LogP contribution in [0, 0.1) is 0 Å². The van der Waals surface area contributed by atoms with E-state index >= 15 is 0 Å². The number of fused-ring (bicyclic) bond motifs is 1. The number of tetrazole rings is 1. The summed E-state index contributed by atoms with van der Waals surface area (Å²) in [4.78, 5) is 21.4. The Morgan fingerprint density at radius 2 is 1.80 bits per heavy atom. The van der Waals surface area contributed by atoms with Crippen LogP contribution < -0.4 is 0 Å². The first kappa shape index (κ1) is 22.5. The lowest BCUT2D eigenvalue weighted by molar-refractivity contribution is -0.137. The Morgan fingerprint density at radius 3 is 2.57 bits per heavy atom. The standard InChI is InChI=1S/C25H26N8O2/c1-2-3-4-5-14-21-27-22(15-32(21)16-23(34)35)33-20-13-9-8-12-19(20)26-25(33)18-11-7-6-10-17(18)24-28-30-31-29-24/h6-13,15H,2-5,14,16H2,1H3,(H,34,35)(H,28,29,30,31). The SMILES string of the molecule is CCCCCCc1nc(-n2c(-c3ccccc3-c3nn[nH]n3)nc3ccccc32)cn1CC(=O)O. The zero-order valence-electron chi connectivity index (χ0n) is 19.4. The number of benzene rings is 2. The van der Waals surface area contributed by atoms with E-state index in [1.54, 1.807) is 10.8 Å². The fourth-order valence-corrected chi connectivity index (χ4v) is 4.33. The van der Waals surface area contributed by atoms with Gasteiger partial charge in [-0.3, -0.25) is 9.36 Å². The molecule has 0 amide bonds. The number of hydrogen-bond acceptors (Lipinski definition) is 6. The van der Waals surface area contributed by atoms with Crippen molar-refractivity contribution in [2.24, 2.45) is 0 Å². The highest BCUT2D eigenvalue weighted by Gasteiger charge is 2.21. The topological polar surface area (TPSA) is 127 Å². The Balaban J connectivity index is 1.66. The molecule has 0 aliphatic carbocycles. The predicted molar refractivity (Wildman–Crippen MR) is 131 cm³/mol. The number of nitrogens with zero attached hydrogens (tertiary/aromatic N) is 7. The first-order valence-corrected chi connectivity index (χ1v) is 11.7. The van der Waals surface area contributed by atoms with Crippen LogP contribution in [0.1, 0.15) is 38.4 Å². The number of para-hydroxylation sites is 2. The number of unbranched alkanes of at least 4 members (excludes halogenated alkanes) is 3. The fourth-order valence-electron chi connectivity index (χ4n) is 4.33. The van der Waals surface area contributed by atoms with E-state index in [1.165, 1.54) is 0 Å². The maximum Gasteiger partial charge on any atom is 0.323 e. The molecule has 35 heavy (non-hydrogen) atoms. The summed E-state index contributed by atoms with van der Waals surface area (Å²) in [7, 11) is 0. The highest BCUT2D eigenvalue weighted by atomic mass is 16.4. The lowest BCUT2D eigenvalue weighted by Crippen LogP contribution is -2.11. The van der Waals surface area contributed by atoms with Gasteiger partial charge in [0.05, 0.1) is 11.0 Å². The minimum Gasteiger partial charge on any atom is -0.480 e. The molecule has 10 heteroatoms. The van der Waals surface area contributed by atoms with Gasteiger partial charge in [0, 0.05) is 23.7 Å². The number of aromatic nitrogens is 8. The molecule has 0 saturated carbocycles. The van der Waals surface area contributed by atoms with Crippen molar-refractivity contribution >= 4 is 17.0 Å². The number of carboxylic acid groups (broad SMARTS) is 1. The van der Waals surface area contributed by atoms with Gasteiger partial charge in [-0.2, -0.15) is 5.21 Å². The average Bonchev–Trinajstić information content (AvgIpc) is 3.60. The Morgan fingerprint density at radius 1 is 1.00 bits per heavy atom. The van der Waals surface area contributed by atoms with E-state index in [2.05, 4.69) is 27.5 Å². The molecule has 0 aliphatic rings. The van der Waals surface area contributed by atoms with Crippen LogP contribution in [0.2, 0.25) is 0 Å². The van der Waals surface area contributed by atoms with Gasteiger partial charge in [-0.05, 0) is 23.8 Å². The van der Waals surface area contributed by atoms with Crippen molar-refractivity contribution in [1.82, 2.24) is 39.7 Å². The fraction of sp³-hybridized carbons (Fsp3) is 0.280. The number of nitrogens with one attached hydrogen (secondary N) is 1. The minimum absolute atomic E-state index is 0.141. The smallest absolute Gasteiger partial charge is 0.323 e. The van der Waals surface area contributed by atoms with Gasteiger partial charge < -0.3 is 9.67 Å². The number of carbonyl (C=O) groups is 1. The molecule has 10 nitrogen and oxygen atoms in total. The van der Waals surface area contributed by atoms with Crippen molar-refractivity contribution in [3.05, 3.63) is 60.6 Å². The zero-order chi connectivity index (χ0) is 24.2. The van der Waals surface area contributed by atoms with Crippen molar-refractivity contribution < 1.29 is 9.90 Å². The van der Waals surface area contributed by atoms with Gasteiger partial charge in [-0.15, -0.1) is 10.2 Å². The van der Waals surface area contributed by atoms with E-state index in [1.807, 2.05) is 53.1 Å². The van der Waals surface area contributed by atoms with Gasteiger partial charge in [0.2, 0.25) is 5.82 Å². The van der Waals surface area contributed by atoms with Gasteiger partial charge >= 0.3 is 5.97 Å². The van der Waals surface area contributed by atoms with Gasteiger partial charge in [-0.25, -0.2) is 9.97 Å². The molecule has 5 rings (SSSR count). The minimum atomic E-state index is -0.901. The molecular weight excluding hydrogens is 444 g/mol. The van der Waals surface area contributed by atoms with Crippen LogP contribution in [-0.2, 0) is 17.8 Å². The van der Waals surface area contributed by atoms with Crippen LogP contribution in [0.15, 0.2) is 54.7 Å². The second kappa shape index (κ2) is 9.88.